The minimum atomic E-state index is -0.382. The second-order valence-corrected chi connectivity index (χ2v) is 5.09. The van der Waals surface area contributed by atoms with Crippen LogP contribution in [0.5, 0.6) is 5.75 Å². The molecule has 4 nitrogen and oxygen atoms in total. The van der Waals surface area contributed by atoms with Gasteiger partial charge in [-0.25, -0.2) is 0 Å². The number of fused-ring (bicyclic) bond motifs is 1. The second-order valence-electron chi connectivity index (χ2n) is 4.07. The van der Waals surface area contributed by atoms with Gasteiger partial charge in [-0.3, -0.25) is 14.9 Å². The highest BCUT2D eigenvalue weighted by Crippen LogP contribution is 2.31. The van der Waals surface area contributed by atoms with Gasteiger partial charge in [0.15, 0.2) is 0 Å². The Balaban J connectivity index is 2.17. The molecule has 3 rings (SSSR count). The average molecular weight is 271 g/mol. The number of carbonyl (C=O) groups excluding carboxylic acids is 2. The zero-order valence-electron chi connectivity index (χ0n) is 9.71. The Morgan fingerprint density at radius 2 is 1.79 bits per heavy atom. The van der Waals surface area contributed by atoms with Crippen LogP contribution in [0.4, 0.5) is 4.79 Å². The number of nitrogens with one attached hydrogen (secondary N) is 1. The van der Waals surface area contributed by atoms with Crippen LogP contribution >= 0.6 is 11.8 Å². The Labute approximate surface area is 113 Å². The van der Waals surface area contributed by atoms with Crippen LogP contribution in [0.3, 0.4) is 0 Å². The van der Waals surface area contributed by atoms with Crippen molar-refractivity contribution >= 4 is 39.8 Å². The predicted molar refractivity (Wildman–Crippen MR) is 74.7 cm³/mol. The van der Waals surface area contributed by atoms with Crippen molar-refractivity contribution in [1.82, 2.24) is 5.32 Å². The normalized spacial score (nSPS) is 17.2. The number of rotatable bonds is 1. The highest BCUT2D eigenvalue weighted by molar-refractivity contribution is 8.18. The van der Waals surface area contributed by atoms with E-state index in [0.717, 1.165) is 22.7 Å². The summed E-state index contributed by atoms with van der Waals surface area (Å²) in [7, 11) is 0. The molecule has 19 heavy (non-hydrogen) atoms. The van der Waals surface area contributed by atoms with Crippen molar-refractivity contribution in [3.8, 4) is 5.75 Å². The van der Waals surface area contributed by atoms with Crippen molar-refractivity contribution in [2.75, 3.05) is 0 Å². The van der Waals surface area contributed by atoms with E-state index in [9.17, 15) is 14.7 Å². The van der Waals surface area contributed by atoms with Crippen molar-refractivity contribution in [3.63, 3.8) is 0 Å². The van der Waals surface area contributed by atoms with Gasteiger partial charge in [0.25, 0.3) is 11.1 Å². The predicted octanol–water partition coefficient (Wildman–Crippen LogP) is 2.87. The van der Waals surface area contributed by atoms with Crippen LogP contribution < -0.4 is 5.32 Å². The summed E-state index contributed by atoms with van der Waals surface area (Å²) >= 11 is 0.880. The minimum Gasteiger partial charge on any atom is -0.507 e. The van der Waals surface area contributed by atoms with E-state index in [1.807, 2.05) is 18.2 Å². The summed E-state index contributed by atoms with van der Waals surface area (Å²) in [5, 5.41) is 13.2. The molecule has 0 radical (unpaired) electrons. The number of thioether (sulfide) groups is 1. The molecular weight excluding hydrogens is 262 g/mol. The first-order valence-electron chi connectivity index (χ1n) is 5.61. The molecular formula is C14H9NO3S. The Bertz CT molecular complexity index is 737. The third kappa shape index (κ3) is 2.08. The molecule has 0 atom stereocenters. The monoisotopic (exact) mass is 271 g/mol. The van der Waals surface area contributed by atoms with Gasteiger partial charge < -0.3 is 5.11 Å². The van der Waals surface area contributed by atoms with Crippen molar-refractivity contribution in [2.45, 2.75) is 0 Å². The molecule has 0 bridgehead atoms. The van der Waals surface area contributed by atoms with Gasteiger partial charge >= 0.3 is 0 Å². The van der Waals surface area contributed by atoms with E-state index in [0.29, 0.717) is 10.3 Å². The van der Waals surface area contributed by atoms with Crippen LogP contribution in [0.15, 0.2) is 41.3 Å². The second kappa shape index (κ2) is 4.44. The van der Waals surface area contributed by atoms with E-state index >= 15 is 0 Å². The van der Waals surface area contributed by atoms with Gasteiger partial charge in [-0.15, -0.1) is 0 Å². The molecule has 0 spiro atoms. The van der Waals surface area contributed by atoms with Gasteiger partial charge in [0, 0.05) is 5.39 Å². The van der Waals surface area contributed by atoms with Gasteiger partial charge in [0.2, 0.25) is 0 Å². The van der Waals surface area contributed by atoms with E-state index in [1.165, 1.54) is 0 Å². The van der Waals surface area contributed by atoms with Gasteiger partial charge in [-0.05, 0) is 34.9 Å². The van der Waals surface area contributed by atoms with E-state index in [-0.39, 0.29) is 16.9 Å². The van der Waals surface area contributed by atoms with Gasteiger partial charge in [0.1, 0.15) is 5.75 Å². The lowest BCUT2D eigenvalue weighted by Gasteiger charge is -2.04. The number of aromatic hydroxyl groups is 1. The summed E-state index contributed by atoms with van der Waals surface area (Å²) in [4.78, 5) is 23.0. The number of benzene rings is 2. The quantitative estimate of drug-likeness (QED) is 0.783. The minimum absolute atomic E-state index is 0.192. The van der Waals surface area contributed by atoms with Gasteiger partial charge in [0.05, 0.1) is 4.91 Å². The molecule has 1 heterocycles. The lowest BCUT2D eigenvalue weighted by atomic mass is 10.0. The van der Waals surface area contributed by atoms with Crippen LogP contribution in [0.25, 0.3) is 16.8 Å². The Kier molecular flexibility index (Phi) is 2.76. The Hall–Kier alpha value is -2.27. The first-order chi connectivity index (χ1) is 9.15. The number of carbonyl (C=O) groups is 2. The van der Waals surface area contributed by atoms with Crippen LogP contribution in [-0.2, 0) is 4.79 Å². The maximum Gasteiger partial charge on any atom is 0.290 e. The van der Waals surface area contributed by atoms with Crippen LogP contribution in [-0.4, -0.2) is 16.3 Å². The van der Waals surface area contributed by atoms with E-state index < -0.39 is 0 Å². The first kappa shape index (κ1) is 11.8. The molecule has 0 saturated carbocycles. The van der Waals surface area contributed by atoms with Crippen molar-refractivity contribution < 1.29 is 14.7 Å². The molecule has 0 unspecified atom stereocenters. The summed E-state index contributed by atoms with van der Waals surface area (Å²) in [5.74, 6) is -0.190. The third-order valence-electron chi connectivity index (χ3n) is 2.86. The van der Waals surface area contributed by atoms with E-state index in [1.54, 1.807) is 24.3 Å². The Morgan fingerprint density at radius 3 is 2.47 bits per heavy atom. The van der Waals surface area contributed by atoms with Crippen molar-refractivity contribution in [1.29, 1.82) is 0 Å². The molecule has 1 aliphatic rings. The molecule has 2 aromatic rings. The SMILES string of the molecule is O=C1NC(=O)C(=Cc2ccc(O)c3ccccc23)S1. The maximum absolute atomic E-state index is 11.5. The number of hydrogen-bond donors (Lipinski definition) is 2. The smallest absolute Gasteiger partial charge is 0.290 e. The molecule has 1 aliphatic heterocycles. The standard InChI is InChI=1S/C14H9NO3S/c16-11-6-5-8(9-3-1-2-4-10(9)11)7-12-13(17)15-14(18)19-12/h1-7,16H,(H,15,17,18). The highest BCUT2D eigenvalue weighted by atomic mass is 32.2. The number of amides is 2. The Morgan fingerprint density at radius 1 is 1.05 bits per heavy atom. The fourth-order valence-corrected chi connectivity index (χ4v) is 2.67. The molecule has 2 aromatic carbocycles. The van der Waals surface area contributed by atoms with Gasteiger partial charge in [-0.1, -0.05) is 30.3 Å². The molecule has 5 heteroatoms. The van der Waals surface area contributed by atoms with E-state index in [4.69, 9.17) is 0 Å². The lowest BCUT2D eigenvalue weighted by molar-refractivity contribution is -0.115. The fraction of sp³-hybridized carbons (Fsp3) is 0. The van der Waals surface area contributed by atoms with Crippen LogP contribution in [0.1, 0.15) is 5.56 Å². The molecule has 2 N–H and O–H groups in total. The summed E-state index contributed by atoms with van der Waals surface area (Å²) in [6, 6.07) is 10.7. The number of imide groups is 1. The van der Waals surface area contributed by atoms with E-state index in [2.05, 4.69) is 5.32 Å². The van der Waals surface area contributed by atoms with Crippen LogP contribution in [0.2, 0.25) is 0 Å². The largest absolute Gasteiger partial charge is 0.507 e. The lowest BCUT2D eigenvalue weighted by Crippen LogP contribution is -2.17. The summed E-state index contributed by atoms with van der Waals surface area (Å²) < 4.78 is 0. The molecule has 2 amide bonds. The average Bonchev–Trinajstić information content (AvgIpc) is 2.72. The topological polar surface area (TPSA) is 66.4 Å². The molecule has 0 aromatic heterocycles. The zero-order valence-corrected chi connectivity index (χ0v) is 10.5. The highest BCUT2D eigenvalue weighted by Gasteiger charge is 2.25. The van der Waals surface area contributed by atoms with Crippen LogP contribution in [0, 0.1) is 0 Å². The molecule has 0 aliphatic carbocycles. The fourth-order valence-electron chi connectivity index (χ4n) is 1.99. The van der Waals surface area contributed by atoms with Gasteiger partial charge in [-0.2, -0.15) is 0 Å². The number of phenolic OH excluding ortho intramolecular Hbond substituents is 1. The molecule has 1 fully saturated rings. The molecule has 1 saturated heterocycles. The maximum atomic E-state index is 11.5. The summed E-state index contributed by atoms with van der Waals surface area (Å²) in [6.07, 6.45) is 1.66. The molecule has 94 valence electrons. The number of hydrogen-bond acceptors (Lipinski definition) is 4. The summed E-state index contributed by atoms with van der Waals surface area (Å²) in [6.45, 7) is 0. The zero-order chi connectivity index (χ0) is 13.4. The summed E-state index contributed by atoms with van der Waals surface area (Å²) in [5.41, 5.74) is 0.792. The third-order valence-corrected chi connectivity index (χ3v) is 3.67. The number of phenols is 1. The van der Waals surface area contributed by atoms with Crippen molar-refractivity contribution in [3.05, 3.63) is 46.9 Å². The van der Waals surface area contributed by atoms with Crippen molar-refractivity contribution in [2.24, 2.45) is 0 Å². The first-order valence-corrected chi connectivity index (χ1v) is 6.42.